The standard InChI is InChI=1S/C11H11BrF3NO2/c1-11(2,3)18-10(17)16-6-4-5(13)8(14)7(12)9(6)15/h4H,1-3H3,(H,16,17). The highest BCUT2D eigenvalue weighted by molar-refractivity contribution is 9.10. The number of amides is 1. The minimum Gasteiger partial charge on any atom is -0.444 e. The van der Waals surface area contributed by atoms with E-state index in [4.69, 9.17) is 4.74 Å². The van der Waals surface area contributed by atoms with Crippen LogP contribution in [0.5, 0.6) is 0 Å². The molecule has 18 heavy (non-hydrogen) atoms. The molecule has 0 saturated carbocycles. The second kappa shape index (κ2) is 5.17. The second-order valence-corrected chi connectivity index (χ2v) is 5.27. The fraction of sp³-hybridized carbons (Fsp3) is 0.364. The van der Waals surface area contributed by atoms with Crippen LogP contribution < -0.4 is 5.32 Å². The molecule has 0 bridgehead atoms. The molecule has 0 saturated heterocycles. The number of carbonyl (C=O) groups is 1. The summed E-state index contributed by atoms with van der Waals surface area (Å²) < 4.78 is 43.7. The van der Waals surface area contributed by atoms with Crippen LogP contribution in [0.1, 0.15) is 20.8 Å². The van der Waals surface area contributed by atoms with Gasteiger partial charge in [0.1, 0.15) is 5.60 Å². The van der Waals surface area contributed by atoms with Crippen LogP contribution in [-0.2, 0) is 4.74 Å². The maximum absolute atomic E-state index is 13.5. The van der Waals surface area contributed by atoms with Crippen molar-refractivity contribution in [3.8, 4) is 0 Å². The Labute approximate surface area is 110 Å². The van der Waals surface area contributed by atoms with Crippen LogP contribution in [0.3, 0.4) is 0 Å². The summed E-state index contributed by atoms with van der Waals surface area (Å²) in [6.45, 7) is 4.85. The van der Waals surface area contributed by atoms with Crippen molar-refractivity contribution in [1.29, 1.82) is 0 Å². The van der Waals surface area contributed by atoms with Crippen molar-refractivity contribution in [1.82, 2.24) is 0 Å². The molecule has 1 rings (SSSR count). The van der Waals surface area contributed by atoms with Gasteiger partial charge in [-0.1, -0.05) is 0 Å². The topological polar surface area (TPSA) is 38.3 Å². The summed E-state index contributed by atoms with van der Waals surface area (Å²) in [4.78, 5) is 11.4. The minimum absolute atomic E-state index is 0.505. The van der Waals surface area contributed by atoms with E-state index in [2.05, 4.69) is 15.9 Å². The van der Waals surface area contributed by atoms with E-state index in [0.29, 0.717) is 6.07 Å². The Kier molecular flexibility index (Phi) is 4.26. The third-order valence-electron chi connectivity index (χ3n) is 1.74. The third-order valence-corrected chi connectivity index (χ3v) is 2.43. The van der Waals surface area contributed by atoms with Crippen molar-refractivity contribution < 1.29 is 22.7 Å². The fourth-order valence-corrected chi connectivity index (χ4v) is 1.48. The molecule has 0 unspecified atom stereocenters. The quantitative estimate of drug-likeness (QED) is 0.620. The van der Waals surface area contributed by atoms with E-state index >= 15 is 0 Å². The highest BCUT2D eigenvalue weighted by Crippen LogP contribution is 2.28. The van der Waals surface area contributed by atoms with Crippen LogP contribution in [0.15, 0.2) is 10.5 Å². The zero-order chi connectivity index (χ0) is 14.1. The van der Waals surface area contributed by atoms with Gasteiger partial charge in [0.2, 0.25) is 0 Å². The molecule has 0 aliphatic rings. The molecule has 100 valence electrons. The van der Waals surface area contributed by atoms with Gasteiger partial charge in [0, 0.05) is 6.07 Å². The lowest BCUT2D eigenvalue weighted by Gasteiger charge is -2.20. The van der Waals surface area contributed by atoms with E-state index in [-0.39, 0.29) is 0 Å². The van der Waals surface area contributed by atoms with E-state index < -0.39 is 39.3 Å². The number of rotatable bonds is 1. The SMILES string of the molecule is CC(C)(C)OC(=O)Nc1cc(F)c(F)c(Br)c1F. The second-order valence-electron chi connectivity index (χ2n) is 4.47. The largest absolute Gasteiger partial charge is 0.444 e. The average Bonchev–Trinajstić information content (AvgIpc) is 2.20. The molecule has 0 aromatic heterocycles. The summed E-state index contributed by atoms with van der Waals surface area (Å²) in [7, 11) is 0. The number of ether oxygens (including phenoxy) is 1. The Balaban J connectivity index is 2.96. The average molecular weight is 326 g/mol. The summed E-state index contributed by atoms with van der Waals surface area (Å²) in [5.74, 6) is -3.75. The molecule has 1 aromatic carbocycles. The summed E-state index contributed by atoms with van der Waals surface area (Å²) in [5.41, 5.74) is -1.29. The summed E-state index contributed by atoms with van der Waals surface area (Å²) in [6, 6.07) is 0.541. The lowest BCUT2D eigenvalue weighted by molar-refractivity contribution is 0.0635. The normalized spacial score (nSPS) is 11.3. The Morgan fingerprint density at radius 3 is 2.33 bits per heavy atom. The van der Waals surface area contributed by atoms with E-state index in [1.165, 1.54) is 0 Å². The van der Waals surface area contributed by atoms with Crippen molar-refractivity contribution >= 4 is 27.7 Å². The van der Waals surface area contributed by atoms with Crippen LogP contribution in [-0.4, -0.2) is 11.7 Å². The van der Waals surface area contributed by atoms with E-state index in [9.17, 15) is 18.0 Å². The Morgan fingerprint density at radius 1 is 1.28 bits per heavy atom. The molecule has 1 amide bonds. The van der Waals surface area contributed by atoms with Crippen LogP contribution >= 0.6 is 15.9 Å². The predicted molar refractivity (Wildman–Crippen MR) is 63.9 cm³/mol. The van der Waals surface area contributed by atoms with E-state index in [1.54, 1.807) is 20.8 Å². The Morgan fingerprint density at radius 2 is 1.83 bits per heavy atom. The molecular formula is C11H11BrF3NO2. The lowest BCUT2D eigenvalue weighted by Crippen LogP contribution is -2.27. The molecular weight excluding hydrogens is 315 g/mol. The van der Waals surface area contributed by atoms with Crippen LogP contribution in [0.2, 0.25) is 0 Å². The molecule has 0 fully saturated rings. The van der Waals surface area contributed by atoms with Gasteiger partial charge in [0.05, 0.1) is 10.2 Å². The summed E-state index contributed by atoms with van der Waals surface area (Å²) >= 11 is 2.55. The monoisotopic (exact) mass is 325 g/mol. The zero-order valence-corrected chi connectivity index (χ0v) is 11.5. The summed E-state index contributed by atoms with van der Waals surface area (Å²) in [5, 5.41) is 2.00. The Bertz CT molecular complexity index is 486. The highest BCUT2D eigenvalue weighted by atomic mass is 79.9. The maximum Gasteiger partial charge on any atom is 0.412 e. The van der Waals surface area contributed by atoms with Gasteiger partial charge in [0.25, 0.3) is 0 Å². The van der Waals surface area contributed by atoms with Crippen LogP contribution in [0.25, 0.3) is 0 Å². The zero-order valence-electron chi connectivity index (χ0n) is 9.91. The minimum atomic E-state index is -1.36. The molecule has 1 N–H and O–H groups in total. The van der Waals surface area contributed by atoms with E-state index in [1.807, 2.05) is 5.32 Å². The van der Waals surface area contributed by atoms with Gasteiger partial charge >= 0.3 is 6.09 Å². The van der Waals surface area contributed by atoms with Crippen molar-refractivity contribution in [3.05, 3.63) is 28.0 Å². The molecule has 7 heteroatoms. The smallest absolute Gasteiger partial charge is 0.412 e. The van der Waals surface area contributed by atoms with Gasteiger partial charge in [-0.05, 0) is 36.7 Å². The number of hydrogen-bond acceptors (Lipinski definition) is 2. The maximum atomic E-state index is 13.5. The van der Waals surface area contributed by atoms with Crippen molar-refractivity contribution in [2.45, 2.75) is 26.4 Å². The fourth-order valence-electron chi connectivity index (χ4n) is 1.08. The molecule has 0 heterocycles. The molecule has 0 aliphatic carbocycles. The van der Waals surface area contributed by atoms with Crippen LogP contribution in [0.4, 0.5) is 23.7 Å². The van der Waals surface area contributed by atoms with Gasteiger partial charge < -0.3 is 4.74 Å². The first-order chi connectivity index (χ1) is 8.11. The van der Waals surface area contributed by atoms with Gasteiger partial charge in [-0.25, -0.2) is 18.0 Å². The molecule has 0 spiro atoms. The number of carbonyl (C=O) groups excluding carboxylic acids is 1. The molecule has 3 nitrogen and oxygen atoms in total. The van der Waals surface area contributed by atoms with Crippen molar-refractivity contribution in [3.63, 3.8) is 0 Å². The molecule has 1 aromatic rings. The van der Waals surface area contributed by atoms with E-state index in [0.717, 1.165) is 0 Å². The molecule has 0 aliphatic heterocycles. The number of benzene rings is 1. The van der Waals surface area contributed by atoms with Gasteiger partial charge in [-0.15, -0.1) is 0 Å². The third kappa shape index (κ3) is 3.63. The van der Waals surface area contributed by atoms with Gasteiger partial charge in [-0.2, -0.15) is 0 Å². The number of halogens is 4. The highest BCUT2D eigenvalue weighted by Gasteiger charge is 2.21. The van der Waals surface area contributed by atoms with Crippen molar-refractivity contribution in [2.24, 2.45) is 0 Å². The Hall–Kier alpha value is -1.24. The lowest BCUT2D eigenvalue weighted by atomic mass is 10.2. The first-order valence-corrected chi connectivity index (χ1v) is 5.74. The van der Waals surface area contributed by atoms with Gasteiger partial charge in [0.15, 0.2) is 17.5 Å². The first-order valence-electron chi connectivity index (χ1n) is 4.95. The number of nitrogens with one attached hydrogen (secondary N) is 1. The number of hydrogen-bond donors (Lipinski definition) is 1. The van der Waals surface area contributed by atoms with Crippen LogP contribution in [0, 0.1) is 17.5 Å². The van der Waals surface area contributed by atoms with Crippen molar-refractivity contribution in [2.75, 3.05) is 5.32 Å². The van der Waals surface area contributed by atoms with Gasteiger partial charge in [-0.3, -0.25) is 5.32 Å². The molecule has 0 atom stereocenters. The summed E-state index contributed by atoms with van der Waals surface area (Å²) in [6.07, 6.45) is -0.959. The first kappa shape index (κ1) is 14.8. The predicted octanol–water partition coefficient (Wildman–Crippen LogP) is 4.21. The molecule has 0 radical (unpaired) electrons. The number of anilines is 1.